The van der Waals surface area contributed by atoms with Crippen LogP contribution in [-0.4, -0.2) is 35.5 Å². The molecule has 0 aliphatic carbocycles. The Labute approximate surface area is 188 Å². The molecule has 0 bridgehead atoms. The average Bonchev–Trinajstić information content (AvgIpc) is 2.75. The minimum Gasteiger partial charge on any atom is -0.463 e. The van der Waals surface area contributed by atoms with Gasteiger partial charge in [0.25, 0.3) is 0 Å². The molecule has 2 N–H and O–H groups in total. The summed E-state index contributed by atoms with van der Waals surface area (Å²) < 4.78 is 4.84. The van der Waals surface area contributed by atoms with Gasteiger partial charge in [-0.2, -0.15) is 5.26 Å². The third kappa shape index (κ3) is 20.9. The first kappa shape index (κ1) is 28.8. The number of carbonyl (C=O) groups is 1. The summed E-state index contributed by atoms with van der Waals surface area (Å²) in [4.78, 5) is 11.4. The van der Waals surface area contributed by atoms with E-state index >= 15 is 0 Å². The topological polar surface area (TPSA) is 90.6 Å². The second-order valence-electron chi connectivity index (χ2n) is 8.29. The van der Waals surface area contributed by atoms with Crippen molar-refractivity contribution in [3.05, 3.63) is 48.6 Å². The summed E-state index contributed by atoms with van der Waals surface area (Å²) in [6.07, 6.45) is 24.7. The summed E-state index contributed by atoms with van der Waals surface area (Å²) in [7, 11) is 0. The van der Waals surface area contributed by atoms with Crippen molar-refractivity contribution in [3.63, 3.8) is 0 Å². The summed E-state index contributed by atoms with van der Waals surface area (Å²) >= 11 is 0. The molecule has 5 nitrogen and oxygen atoms in total. The Bertz CT molecular complexity index is 611. The van der Waals surface area contributed by atoms with E-state index in [0.717, 1.165) is 44.9 Å². The van der Waals surface area contributed by atoms with E-state index in [9.17, 15) is 4.79 Å². The first-order valence-corrected chi connectivity index (χ1v) is 11.4. The van der Waals surface area contributed by atoms with Crippen molar-refractivity contribution in [1.29, 1.82) is 5.26 Å². The molecule has 0 saturated carbocycles. The van der Waals surface area contributed by atoms with Crippen LogP contribution in [0.15, 0.2) is 48.6 Å². The van der Waals surface area contributed by atoms with Crippen LogP contribution >= 0.6 is 0 Å². The molecule has 0 radical (unpaired) electrons. The Morgan fingerprint density at radius 3 is 2.23 bits per heavy atom. The van der Waals surface area contributed by atoms with Gasteiger partial charge in [0.2, 0.25) is 0 Å². The Morgan fingerprint density at radius 2 is 1.61 bits per heavy atom. The van der Waals surface area contributed by atoms with E-state index in [1.54, 1.807) is 0 Å². The van der Waals surface area contributed by atoms with Crippen LogP contribution in [0.5, 0.6) is 0 Å². The van der Waals surface area contributed by atoms with Crippen LogP contribution in [0.25, 0.3) is 0 Å². The van der Waals surface area contributed by atoms with Gasteiger partial charge in [0.1, 0.15) is 12.7 Å². The number of nitrogens with zero attached hydrogens (tertiary/aromatic N) is 1. The highest BCUT2D eigenvalue weighted by Gasteiger charge is 2.12. The van der Waals surface area contributed by atoms with E-state index in [2.05, 4.69) is 68.5 Å². The average molecular weight is 432 g/mol. The van der Waals surface area contributed by atoms with Crippen molar-refractivity contribution in [2.75, 3.05) is 13.2 Å². The summed E-state index contributed by atoms with van der Waals surface area (Å²) in [5.41, 5.74) is 0.193. The number of carbonyl (C=O) groups excluding carboxylic acids is 1. The molecular weight excluding hydrogens is 390 g/mol. The van der Waals surface area contributed by atoms with E-state index in [1.165, 1.54) is 0 Å². The Morgan fingerprint density at radius 1 is 1.00 bits per heavy atom. The van der Waals surface area contributed by atoms with Gasteiger partial charge in [0, 0.05) is 12.8 Å². The van der Waals surface area contributed by atoms with Crippen LogP contribution in [0.1, 0.15) is 78.1 Å². The number of ether oxygens (including phenoxy) is 1. The fourth-order valence-electron chi connectivity index (χ4n) is 2.77. The number of hydrogen-bond acceptors (Lipinski definition) is 5. The number of unbranched alkanes of at least 4 members (excludes halogenated alkanes) is 3. The summed E-state index contributed by atoms with van der Waals surface area (Å²) in [6.45, 7) is 3.93. The first-order chi connectivity index (χ1) is 14.9. The molecule has 1 unspecified atom stereocenters. The zero-order chi connectivity index (χ0) is 23.2. The molecule has 174 valence electrons. The van der Waals surface area contributed by atoms with E-state index < -0.39 is 12.7 Å². The molecule has 0 amide bonds. The van der Waals surface area contributed by atoms with Crippen LogP contribution in [0, 0.1) is 16.7 Å². The molecule has 0 heterocycles. The van der Waals surface area contributed by atoms with Gasteiger partial charge in [-0.15, -0.1) is 0 Å². The standard InChI is InChI=1S/C26H41NO4/c1-26(2,20-16-13-17-21-27)19-15-12-10-8-6-4-3-5-7-9-11-14-18-25(30)31-23-24(29)22-28/h3-4,7-10,15,19,24,28-29H,5-6,11-14,16-18,20,22-23H2,1-2H3/b4-3-,9-7-,10-8-,19-15-. The van der Waals surface area contributed by atoms with Crippen molar-refractivity contribution < 1.29 is 19.7 Å². The van der Waals surface area contributed by atoms with Crippen LogP contribution in [0.4, 0.5) is 0 Å². The zero-order valence-corrected chi connectivity index (χ0v) is 19.3. The molecule has 5 heteroatoms. The van der Waals surface area contributed by atoms with E-state index in [1.807, 2.05) is 0 Å². The third-order valence-electron chi connectivity index (χ3n) is 4.64. The summed E-state index contributed by atoms with van der Waals surface area (Å²) in [5.74, 6) is -0.346. The van der Waals surface area contributed by atoms with Crippen molar-refractivity contribution >= 4 is 5.97 Å². The fraction of sp³-hybridized carbons (Fsp3) is 0.615. The minimum absolute atomic E-state index is 0.150. The number of nitriles is 1. The molecule has 0 aromatic carbocycles. The number of hydrogen-bond donors (Lipinski definition) is 2. The van der Waals surface area contributed by atoms with Gasteiger partial charge in [-0.25, -0.2) is 0 Å². The van der Waals surface area contributed by atoms with Crippen molar-refractivity contribution in [3.8, 4) is 6.07 Å². The van der Waals surface area contributed by atoms with Gasteiger partial charge < -0.3 is 14.9 Å². The summed E-state index contributed by atoms with van der Waals surface area (Å²) in [5, 5.41) is 26.3. The number of aliphatic hydroxyl groups is 2. The maximum atomic E-state index is 11.4. The maximum absolute atomic E-state index is 11.4. The largest absolute Gasteiger partial charge is 0.463 e. The normalized spacial score (nSPS) is 13.5. The number of esters is 1. The lowest BCUT2D eigenvalue weighted by atomic mass is 9.86. The predicted octanol–water partition coefficient (Wildman–Crippen LogP) is 5.56. The number of allylic oxidation sites excluding steroid dienone is 8. The van der Waals surface area contributed by atoms with Crippen LogP contribution in [-0.2, 0) is 9.53 Å². The molecule has 0 rings (SSSR count). The first-order valence-electron chi connectivity index (χ1n) is 11.4. The van der Waals surface area contributed by atoms with Crippen LogP contribution in [0.3, 0.4) is 0 Å². The van der Waals surface area contributed by atoms with E-state index in [4.69, 9.17) is 20.2 Å². The lowest BCUT2D eigenvalue weighted by Crippen LogP contribution is -2.21. The van der Waals surface area contributed by atoms with E-state index in [0.29, 0.717) is 19.3 Å². The SMILES string of the molecule is CC(C)(/C=C\C/C=C\C/C=C\C/C=C\CCCC(=O)OCC(O)CO)CCCCC#N. The van der Waals surface area contributed by atoms with Gasteiger partial charge in [-0.1, -0.05) is 68.9 Å². The van der Waals surface area contributed by atoms with E-state index in [-0.39, 0.29) is 18.0 Å². The van der Waals surface area contributed by atoms with Gasteiger partial charge in [-0.05, 0) is 50.4 Å². The maximum Gasteiger partial charge on any atom is 0.305 e. The molecule has 31 heavy (non-hydrogen) atoms. The lowest BCUT2D eigenvalue weighted by molar-refractivity contribution is -0.147. The fourth-order valence-corrected chi connectivity index (χ4v) is 2.77. The summed E-state index contributed by atoms with van der Waals surface area (Å²) in [6, 6.07) is 2.20. The smallest absolute Gasteiger partial charge is 0.305 e. The van der Waals surface area contributed by atoms with Crippen molar-refractivity contribution in [2.24, 2.45) is 5.41 Å². The number of aliphatic hydroxyl groups excluding tert-OH is 2. The Kier molecular flexibility index (Phi) is 18.4. The molecule has 1 atom stereocenters. The highest BCUT2D eigenvalue weighted by Crippen LogP contribution is 2.25. The van der Waals surface area contributed by atoms with Crippen LogP contribution in [0.2, 0.25) is 0 Å². The monoisotopic (exact) mass is 431 g/mol. The van der Waals surface area contributed by atoms with Gasteiger partial charge >= 0.3 is 5.97 Å². The molecule has 0 aromatic rings. The Hall–Kier alpha value is -2.16. The molecule has 0 aliphatic heterocycles. The van der Waals surface area contributed by atoms with Gasteiger partial charge in [0.05, 0.1) is 12.7 Å². The minimum atomic E-state index is -0.995. The highest BCUT2D eigenvalue weighted by molar-refractivity contribution is 5.69. The quantitative estimate of drug-likeness (QED) is 0.168. The highest BCUT2D eigenvalue weighted by atomic mass is 16.5. The molecule has 0 saturated heterocycles. The van der Waals surface area contributed by atoms with Crippen molar-refractivity contribution in [1.82, 2.24) is 0 Å². The lowest BCUT2D eigenvalue weighted by Gasteiger charge is -2.19. The van der Waals surface area contributed by atoms with Crippen LogP contribution < -0.4 is 0 Å². The molecule has 0 aliphatic rings. The van der Waals surface area contributed by atoms with Gasteiger partial charge in [0.15, 0.2) is 0 Å². The number of rotatable bonds is 18. The van der Waals surface area contributed by atoms with Gasteiger partial charge in [-0.3, -0.25) is 4.79 Å². The third-order valence-corrected chi connectivity index (χ3v) is 4.64. The second-order valence-corrected chi connectivity index (χ2v) is 8.29. The second kappa shape index (κ2) is 19.8. The molecular formula is C26H41NO4. The molecule has 0 aromatic heterocycles. The molecule has 0 fully saturated rings. The predicted molar refractivity (Wildman–Crippen MR) is 126 cm³/mol. The Balaban J connectivity index is 3.72. The zero-order valence-electron chi connectivity index (χ0n) is 19.3. The molecule has 0 spiro atoms. The van der Waals surface area contributed by atoms with Crippen molar-refractivity contribution in [2.45, 2.75) is 84.2 Å².